The maximum absolute atomic E-state index is 13.8. The van der Waals surface area contributed by atoms with Gasteiger partial charge < -0.3 is 15.3 Å². The van der Waals surface area contributed by atoms with Gasteiger partial charge in [-0.05, 0) is 49.4 Å². The predicted molar refractivity (Wildman–Crippen MR) is 105 cm³/mol. The van der Waals surface area contributed by atoms with Crippen LogP contribution in [0.5, 0.6) is 0 Å². The summed E-state index contributed by atoms with van der Waals surface area (Å²) >= 11 is 0. The van der Waals surface area contributed by atoms with Crippen molar-refractivity contribution in [3.63, 3.8) is 0 Å². The number of hydrogen-bond donors (Lipinski definition) is 2. The minimum Gasteiger partial charge on any atom is -0.465 e. The summed E-state index contributed by atoms with van der Waals surface area (Å²) in [5.41, 5.74) is 0.644. The number of nitrogens with zero attached hydrogens (tertiary/aromatic N) is 3. The quantitative estimate of drug-likeness (QED) is 0.795. The van der Waals surface area contributed by atoms with Gasteiger partial charge in [-0.3, -0.25) is 9.69 Å². The second-order valence-corrected chi connectivity index (χ2v) is 7.07. The van der Waals surface area contributed by atoms with Crippen LogP contribution < -0.4 is 10.2 Å². The third-order valence-corrected chi connectivity index (χ3v) is 5.29. The van der Waals surface area contributed by atoms with Crippen LogP contribution in [0.2, 0.25) is 0 Å². The van der Waals surface area contributed by atoms with Crippen LogP contribution in [-0.4, -0.2) is 60.2 Å². The van der Waals surface area contributed by atoms with Crippen molar-refractivity contribution in [1.82, 2.24) is 15.2 Å². The van der Waals surface area contributed by atoms with Crippen LogP contribution in [0.3, 0.4) is 0 Å². The second-order valence-electron chi connectivity index (χ2n) is 7.07. The Morgan fingerprint density at radius 3 is 2.71 bits per heavy atom. The second kappa shape index (κ2) is 8.86. The SMILES string of the molecule is CNC(=O)CN(CCC1CCN(c2ccc3c(F)cccc3n2)CC1)C(=O)O. The number of hydrogen-bond acceptors (Lipinski definition) is 4. The average Bonchev–Trinajstić information content (AvgIpc) is 2.71. The first-order chi connectivity index (χ1) is 13.5. The molecule has 7 nitrogen and oxygen atoms in total. The van der Waals surface area contributed by atoms with E-state index in [1.165, 1.54) is 13.1 Å². The first-order valence-electron chi connectivity index (χ1n) is 9.46. The van der Waals surface area contributed by atoms with E-state index in [0.717, 1.165) is 43.1 Å². The number of amides is 2. The molecule has 2 N–H and O–H groups in total. The zero-order valence-corrected chi connectivity index (χ0v) is 15.9. The van der Waals surface area contributed by atoms with Crippen molar-refractivity contribution in [2.45, 2.75) is 19.3 Å². The van der Waals surface area contributed by atoms with Gasteiger partial charge in [-0.25, -0.2) is 14.2 Å². The first-order valence-corrected chi connectivity index (χ1v) is 9.46. The fourth-order valence-corrected chi connectivity index (χ4v) is 3.57. The lowest BCUT2D eigenvalue weighted by Crippen LogP contribution is -2.41. The van der Waals surface area contributed by atoms with Crippen molar-refractivity contribution in [2.75, 3.05) is 38.1 Å². The molecule has 1 fully saturated rings. The van der Waals surface area contributed by atoms with E-state index in [1.54, 1.807) is 12.1 Å². The van der Waals surface area contributed by atoms with E-state index in [-0.39, 0.29) is 18.3 Å². The zero-order valence-electron chi connectivity index (χ0n) is 15.9. The Morgan fingerprint density at radius 2 is 2.04 bits per heavy atom. The van der Waals surface area contributed by atoms with Gasteiger partial charge in [0, 0.05) is 32.1 Å². The summed E-state index contributed by atoms with van der Waals surface area (Å²) in [7, 11) is 1.49. The summed E-state index contributed by atoms with van der Waals surface area (Å²) in [6.07, 6.45) is 1.51. The van der Waals surface area contributed by atoms with Gasteiger partial charge in [0.15, 0.2) is 0 Å². The highest BCUT2D eigenvalue weighted by atomic mass is 19.1. The Morgan fingerprint density at radius 1 is 1.29 bits per heavy atom. The number of halogens is 1. The summed E-state index contributed by atoms with van der Waals surface area (Å²) < 4.78 is 13.8. The van der Waals surface area contributed by atoms with Gasteiger partial charge >= 0.3 is 6.09 Å². The van der Waals surface area contributed by atoms with Crippen molar-refractivity contribution in [1.29, 1.82) is 0 Å². The van der Waals surface area contributed by atoms with Gasteiger partial charge in [0.25, 0.3) is 0 Å². The molecule has 1 aromatic heterocycles. The van der Waals surface area contributed by atoms with E-state index in [1.807, 2.05) is 12.1 Å². The van der Waals surface area contributed by atoms with Crippen LogP contribution in [0.15, 0.2) is 30.3 Å². The smallest absolute Gasteiger partial charge is 0.407 e. The first kappa shape index (κ1) is 19.9. The molecule has 1 aliphatic heterocycles. The normalized spacial score (nSPS) is 14.9. The van der Waals surface area contributed by atoms with Gasteiger partial charge in [-0.1, -0.05) is 6.07 Å². The number of likely N-dealkylation sites (N-methyl/N-ethyl adjacent to an activating group) is 1. The number of fused-ring (bicyclic) bond motifs is 1. The lowest BCUT2D eigenvalue weighted by Gasteiger charge is -2.33. The molecule has 2 heterocycles. The number of nitrogens with one attached hydrogen (secondary N) is 1. The molecule has 150 valence electrons. The Labute approximate surface area is 163 Å². The molecule has 1 saturated heterocycles. The number of carbonyl (C=O) groups excluding carboxylic acids is 1. The van der Waals surface area contributed by atoms with Crippen molar-refractivity contribution in [3.8, 4) is 0 Å². The highest BCUT2D eigenvalue weighted by Crippen LogP contribution is 2.26. The number of piperidine rings is 1. The van der Waals surface area contributed by atoms with Crippen molar-refractivity contribution >= 4 is 28.7 Å². The molecule has 0 saturated carbocycles. The maximum Gasteiger partial charge on any atom is 0.407 e. The Bertz CT molecular complexity index is 852. The fourth-order valence-electron chi connectivity index (χ4n) is 3.57. The number of aromatic nitrogens is 1. The summed E-state index contributed by atoms with van der Waals surface area (Å²) in [5, 5.41) is 12.2. The molecule has 28 heavy (non-hydrogen) atoms. The molecule has 0 atom stereocenters. The molecule has 0 bridgehead atoms. The third-order valence-electron chi connectivity index (χ3n) is 5.29. The lowest BCUT2D eigenvalue weighted by molar-refractivity contribution is -0.121. The topological polar surface area (TPSA) is 85.8 Å². The summed E-state index contributed by atoms with van der Waals surface area (Å²) in [6, 6.07) is 8.51. The number of carbonyl (C=O) groups is 2. The van der Waals surface area contributed by atoms with Gasteiger partial charge in [0.2, 0.25) is 5.91 Å². The minimum absolute atomic E-state index is 0.137. The highest BCUT2D eigenvalue weighted by molar-refractivity contribution is 5.81. The van der Waals surface area contributed by atoms with Crippen molar-refractivity contribution in [2.24, 2.45) is 5.92 Å². The summed E-state index contributed by atoms with van der Waals surface area (Å²) in [5.74, 6) is 0.662. The third kappa shape index (κ3) is 4.68. The Kier molecular flexibility index (Phi) is 6.28. The molecule has 1 aliphatic rings. The van der Waals surface area contributed by atoms with E-state index < -0.39 is 6.09 Å². The van der Waals surface area contributed by atoms with E-state index in [2.05, 4.69) is 15.2 Å². The van der Waals surface area contributed by atoms with Crippen LogP contribution in [0, 0.1) is 11.7 Å². The van der Waals surface area contributed by atoms with Crippen LogP contribution in [-0.2, 0) is 4.79 Å². The van der Waals surface area contributed by atoms with E-state index in [0.29, 0.717) is 23.4 Å². The molecular formula is C20H25FN4O3. The van der Waals surface area contributed by atoms with E-state index >= 15 is 0 Å². The predicted octanol–water partition coefficient (Wildman–Crippen LogP) is 2.71. The van der Waals surface area contributed by atoms with Crippen LogP contribution in [0.4, 0.5) is 15.0 Å². The molecule has 2 amide bonds. The van der Waals surface area contributed by atoms with Crippen molar-refractivity contribution in [3.05, 3.63) is 36.1 Å². The molecule has 3 rings (SSSR count). The fraction of sp³-hybridized carbons (Fsp3) is 0.450. The largest absolute Gasteiger partial charge is 0.465 e. The van der Waals surface area contributed by atoms with Gasteiger partial charge in [0.05, 0.1) is 5.52 Å². The number of anilines is 1. The Balaban J connectivity index is 1.54. The molecule has 0 aliphatic carbocycles. The number of benzene rings is 1. The molecule has 0 spiro atoms. The van der Waals surface area contributed by atoms with Crippen LogP contribution in [0.25, 0.3) is 10.9 Å². The molecule has 0 unspecified atom stereocenters. The molecular weight excluding hydrogens is 363 g/mol. The average molecular weight is 388 g/mol. The minimum atomic E-state index is -1.08. The molecule has 2 aromatic rings. The van der Waals surface area contributed by atoms with Crippen LogP contribution in [0.1, 0.15) is 19.3 Å². The van der Waals surface area contributed by atoms with Crippen molar-refractivity contribution < 1.29 is 19.1 Å². The van der Waals surface area contributed by atoms with E-state index in [9.17, 15) is 19.1 Å². The molecule has 1 aromatic carbocycles. The highest BCUT2D eigenvalue weighted by Gasteiger charge is 2.23. The molecule has 8 heteroatoms. The number of rotatable bonds is 6. The monoisotopic (exact) mass is 388 g/mol. The maximum atomic E-state index is 13.8. The summed E-state index contributed by atoms with van der Waals surface area (Å²) in [6.45, 7) is 1.85. The summed E-state index contributed by atoms with van der Waals surface area (Å²) in [4.78, 5) is 30.7. The van der Waals surface area contributed by atoms with Crippen LogP contribution >= 0.6 is 0 Å². The van der Waals surface area contributed by atoms with Gasteiger partial charge in [-0.2, -0.15) is 0 Å². The number of carboxylic acid groups (broad SMARTS) is 1. The van der Waals surface area contributed by atoms with Gasteiger partial charge in [-0.15, -0.1) is 0 Å². The standard InChI is InChI=1S/C20H25FN4O3/c1-22-19(26)13-25(20(27)28)12-9-14-7-10-24(11-8-14)18-6-5-15-16(21)3-2-4-17(15)23-18/h2-6,14H,7-13H2,1H3,(H,22,26)(H,27,28). The molecule has 0 radical (unpaired) electrons. The van der Waals surface area contributed by atoms with E-state index in [4.69, 9.17) is 0 Å². The number of pyridine rings is 1. The van der Waals surface area contributed by atoms with Gasteiger partial charge in [0.1, 0.15) is 18.2 Å². The Hall–Kier alpha value is -2.90. The lowest BCUT2D eigenvalue weighted by atomic mass is 9.93. The zero-order chi connectivity index (χ0) is 20.1.